The molecule has 0 aliphatic rings. The van der Waals surface area contributed by atoms with Gasteiger partial charge in [-0.05, 0) is 0 Å². The maximum atomic E-state index is 13.3. The van der Waals surface area contributed by atoms with Crippen LogP contribution in [0.25, 0.3) is 11.0 Å². The fourth-order valence-electron chi connectivity index (χ4n) is 1.40. The number of halogens is 4. The predicted octanol–water partition coefficient (Wildman–Crippen LogP) is 3.25. The van der Waals surface area contributed by atoms with Gasteiger partial charge in [-0.25, -0.2) is 0 Å². The molecule has 16 heavy (non-hydrogen) atoms. The molecule has 1 aromatic carbocycles. The van der Waals surface area contributed by atoms with Gasteiger partial charge in [-0.3, -0.25) is 0 Å². The Labute approximate surface area is 89.8 Å². The number of hydrogen-bond acceptors (Lipinski definition) is 0. The van der Waals surface area contributed by atoms with E-state index in [1.807, 2.05) is 0 Å². The Morgan fingerprint density at radius 1 is 0.750 bits per heavy atom. The maximum absolute atomic E-state index is 13.3. The topological polar surface area (TPSA) is 0 Å². The second kappa shape index (κ2) is 4.08. The van der Waals surface area contributed by atoms with Gasteiger partial charge in [0.15, 0.2) is 0 Å². The van der Waals surface area contributed by atoms with E-state index >= 15 is 0 Å². The molecule has 0 radical (unpaired) electrons. The van der Waals surface area contributed by atoms with Gasteiger partial charge in [0.1, 0.15) is 0 Å². The fourth-order valence-corrected chi connectivity index (χ4v) is 1.40. The molecular weight excluding hydrogens is 219 g/mol. The van der Waals surface area contributed by atoms with E-state index in [9.17, 15) is 17.6 Å². The monoisotopic (exact) mass is 224 g/mol. The molecule has 1 aromatic heterocycles. The molecule has 0 unspecified atom stereocenters. The van der Waals surface area contributed by atoms with E-state index in [2.05, 4.69) is 0 Å². The van der Waals surface area contributed by atoms with Crippen molar-refractivity contribution in [3.63, 3.8) is 0 Å². The summed E-state index contributed by atoms with van der Waals surface area (Å²) in [5, 5.41) is 0. The van der Waals surface area contributed by atoms with Crippen molar-refractivity contribution in [2.45, 2.75) is 0 Å². The zero-order chi connectivity index (χ0) is 11.7. The van der Waals surface area contributed by atoms with Gasteiger partial charge in [-0.15, -0.1) is 0 Å². The van der Waals surface area contributed by atoms with E-state index < -0.39 is 23.2 Å². The summed E-state index contributed by atoms with van der Waals surface area (Å²) in [5.74, 6) is -4.97. The Hall–Kier alpha value is -1.65. The van der Waals surface area contributed by atoms with Crippen molar-refractivity contribution >= 4 is 6.91 Å². The van der Waals surface area contributed by atoms with Gasteiger partial charge in [-0.2, -0.15) is 0 Å². The first-order valence-corrected chi connectivity index (χ1v) is 4.49. The molecule has 0 aliphatic carbocycles. The third-order valence-corrected chi connectivity index (χ3v) is 2.19. The van der Waals surface area contributed by atoms with Gasteiger partial charge < -0.3 is 0 Å². The Bertz CT molecular complexity index is 525. The van der Waals surface area contributed by atoms with Crippen molar-refractivity contribution < 1.29 is 17.6 Å². The summed E-state index contributed by atoms with van der Waals surface area (Å²) in [6, 6.07) is 7.82. The van der Waals surface area contributed by atoms with Crippen LogP contribution < -0.4 is 0 Å². The zero-order valence-corrected chi connectivity index (χ0v) is 7.98. The number of rotatable bonds is 1. The Kier molecular flexibility index (Phi) is 2.77. The minimum absolute atomic E-state index is 0.290. The summed E-state index contributed by atoms with van der Waals surface area (Å²) >= 11 is 0. The van der Waals surface area contributed by atoms with Crippen LogP contribution in [-0.4, -0.2) is 6.91 Å². The molecule has 1 heterocycles. The van der Waals surface area contributed by atoms with Crippen LogP contribution in [0.1, 0.15) is 0 Å². The third-order valence-electron chi connectivity index (χ3n) is 2.19. The molecule has 80 valence electrons. The molecule has 0 aliphatic heterocycles. The summed E-state index contributed by atoms with van der Waals surface area (Å²) in [6.45, 7) is 0.642. The van der Waals surface area contributed by atoms with Crippen LogP contribution in [0.4, 0.5) is 17.6 Å². The summed E-state index contributed by atoms with van der Waals surface area (Å²) in [6.07, 6.45) is 0. The molecule has 0 fully saturated rings. The molecule has 5 heteroatoms. The summed E-state index contributed by atoms with van der Waals surface area (Å²) < 4.78 is 51.9. The normalized spacial score (nSPS) is 10.2. The second-order valence-corrected chi connectivity index (χ2v) is 3.21. The van der Waals surface area contributed by atoms with Crippen LogP contribution >= 0.6 is 0 Å². The van der Waals surface area contributed by atoms with Crippen molar-refractivity contribution in [2.75, 3.05) is 0 Å². The Morgan fingerprint density at radius 2 is 1.38 bits per heavy atom. The second-order valence-electron chi connectivity index (χ2n) is 3.21. The van der Waals surface area contributed by atoms with Crippen molar-refractivity contribution in [3.8, 4) is 11.0 Å². The molecule has 0 N–H and O–H groups in total. The molecule has 2 aromatic rings. The third kappa shape index (κ3) is 1.73. The summed E-state index contributed by atoms with van der Waals surface area (Å²) in [7, 11) is 0. The number of hydrogen-bond donors (Lipinski definition) is 0. The van der Waals surface area contributed by atoms with E-state index in [-0.39, 0.29) is 11.0 Å². The van der Waals surface area contributed by atoms with E-state index in [4.69, 9.17) is 0 Å². The van der Waals surface area contributed by atoms with Gasteiger partial charge in [0.05, 0.1) is 0 Å². The quantitative estimate of drug-likeness (QED) is 0.652. The first-order valence-electron chi connectivity index (χ1n) is 4.49. The summed E-state index contributed by atoms with van der Waals surface area (Å²) in [5.41, 5.74) is -1.41. The number of benzene rings is 1. The minimum atomic E-state index is -1.79. The SMILES string of the molecule is Fc1bc(-c2ccccc2)c(F)c(F)c1F. The van der Waals surface area contributed by atoms with Crippen molar-refractivity contribution in [3.05, 3.63) is 53.5 Å². The van der Waals surface area contributed by atoms with Crippen LogP contribution in [0.3, 0.4) is 0 Å². The molecule has 0 atom stereocenters. The van der Waals surface area contributed by atoms with Crippen molar-refractivity contribution in [1.29, 1.82) is 0 Å². The standard InChI is InChI=1S/C11H5BF4/c13-8-7(6-4-2-1-3-5-6)12-11(16)10(15)9(8)14/h1-5H. The molecule has 2 rings (SSSR count). The molecule has 0 nitrogen and oxygen atoms in total. The molecule has 0 amide bonds. The van der Waals surface area contributed by atoms with Crippen LogP contribution in [-0.2, 0) is 0 Å². The van der Waals surface area contributed by atoms with Crippen LogP contribution in [0.2, 0.25) is 0 Å². The average Bonchev–Trinajstić information content (AvgIpc) is 2.32. The summed E-state index contributed by atoms with van der Waals surface area (Å²) in [4.78, 5) is 0. The van der Waals surface area contributed by atoms with Crippen molar-refractivity contribution in [2.24, 2.45) is 0 Å². The first kappa shape index (κ1) is 10.9. The van der Waals surface area contributed by atoms with E-state index in [1.165, 1.54) is 12.1 Å². The van der Waals surface area contributed by atoms with Gasteiger partial charge >= 0.3 is 89.0 Å². The van der Waals surface area contributed by atoms with Crippen LogP contribution in [0.5, 0.6) is 0 Å². The van der Waals surface area contributed by atoms with Gasteiger partial charge in [-0.1, -0.05) is 0 Å². The zero-order valence-electron chi connectivity index (χ0n) is 7.98. The molecule has 0 saturated carbocycles. The van der Waals surface area contributed by atoms with Gasteiger partial charge in [0, 0.05) is 0 Å². The van der Waals surface area contributed by atoms with Gasteiger partial charge in [0.2, 0.25) is 0 Å². The van der Waals surface area contributed by atoms with Crippen molar-refractivity contribution in [1.82, 2.24) is 0 Å². The first-order chi connectivity index (χ1) is 7.61. The predicted molar refractivity (Wildman–Crippen MR) is 53.1 cm³/mol. The van der Waals surface area contributed by atoms with E-state index in [0.29, 0.717) is 6.91 Å². The molecular formula is C11H5BF4. The van der Waals surface area contributed by atoms with Gasteiger partial charge in [0.25, 0.3) is 0 Å². The Morgan fingerprint density at radius 3 is 2.00 bits per heavy atom. The van der Waals surface area contributed by atoms with E-state index in [1.54, 1.807) is 18.2 Å². The fraction of sp³-hybridized carbons (Fsp3) is 0. The van der Waals surface area contributed by atoms with Crippen LogP contribution in [0.15, 0.2) is 30.3 Å². The average molecular weight is 224 g/mol. The molecule has 0 spiro atoms. The molecule has 0 saturated heterocycles. The van der Waals surface area contributed by atoms with E-state index in [0.717, 1.165) is 0 Å². The van der Waals surface area contributed by atoms with Crippen LogP contribution in [0, 0.1) is 23.2 Å². The Balaban J connectivity index is 2.68. The molecule has 0 bridgehead atoms.